The second-order valence-corrected chi connectivity index (χ2v) is 2.64. The van der Waals surface area contributed by atoms with Crippen LogP contribution in [0.2, 0.25) is 0 Å². The molecular formula is C8H8N4O. The summed E-state index contributed by atoms with van der Waals surface area (Å²) in [5.41, 5.74) is 0.716. The highest BCUT2D eigenvalue weighted by Gasteiger charge is 2.05. The van der Waals surface area contributed by atoms with Gasteiger partial charge in [-0.1, -0.05) is 0 Å². The molecule has 5 nitrogen and oxygen atoms in total. The fourth-order valence-corrected chi connectivity index (χ4v) is 1.08. The van der Waals surface area contributed by atoms with Gasteiger partial charge in [0.05, 0.1) is 0 Å². The molecule has 0 radical (unpaired) electrons. The Morgan fingerprint density at radius 1 is 1.54 bits per heavy atom. The van der Waals surface area contributed by atoms with E-state index in [0.717, 1.165) is 0 Å². The Morgan fingerprint density at radius 2 is 2.38 bits per heavy atom. The van der Waals surface area contributed by atoms with Crippen molar-refractivity contribution in [1.82, 2.24) is 19.7 Å². The van der Waals surface area contributed by atoms with Crippen molar-refractivity contribution in [3.8, 4) is 11.4 Å². The number of aromatic nitrogens is 4. The van der Waals surface area contributed by atoms with Gasteiger partial charge in [0, 0.05) is 25.6 Å². The zero-order chi connectivity index (χ0) is 9.26. The monoisotopic (exact) mass is 176 g/mol. The summed E-state index contributed by atoms with van der Waals surface area (Å²) < 4.78 is 1.63. The van der Waals surface area contributed by atoms with E-state index in [1.54, 1.807) is 24.0 Å². The van der Waals surface area contributed by atoms with Crippen LogP contribution in [0, 0.1) is 0 Å². The van der Waals surface area contributed by atoms with Gasteiger partial charge >= 0.3 is 0 Å². The van der Waals surface area contributed by atoms with Crippen molar-refractivity contribution in [3.05, 3.63) is 35.0 Å². The minimum absolute atomic E-state index is 0.221. The van der Waals surface area contributed by atoms with Gasteiger partial charge in [0.1, 0.15) is 5.69 Å². The third-order valence-corrected chi connectivity index (χ3v) is 1.66. The maximum atomic E-state index is 11.3. The lowest BCUT2D eigenvalue weighted by atomic mass is 10.3. The van der Waals surface area contributed by atoms with Crippen molar-refractivity contribution >= 4 is 0 Å². The van der Waals surface area contributed by atoms with Crippen molar-refractivity contribution in [3.63, 3.8) is 0 Å². The molecule has 5 heteroatoms. The second kappa shape index (κ2) is 2.85. The topological polar surface area (TPSA) is 63.6 Å². The Bertz CT molecular complexity index is 471. The van der Waals surface area contributed by atoms with Gasteiger partial charge in [-0.3, -0.25) is 9.48 Å². The molecule has 0 amide bonds. The second-order valence-electron chi connectivity index (χ2n) is 2.64. The van der Waals surface area contributed by atoms with E-state index in [1.807, 2.05) is 0 Å². The molecule has 0 atom stereocenters. The van der Waals surface area contributed by atoms with Gasteiger partial charge in [-0.05, 0) is 6.07 Å². The first-order valence-corrected chi connectivity index (χ1v) is 3.81. The predicted octanol–water partition coefficient (Wildman–Crippen LogP) is 0.170. The van der Waals surface area contributed by atoms with Crippen LogP contribution in [0.4, 0.5) is 0 Å². The molecule has 2 aromatic heterocycles. The summed E-state index contributed by atoms with van der Waals surface area (Å²) in [5, 5.41) is 4.08. The molecule has 0 fully saturated rings. The Kier molecular flexibility index (Phi) is 1.70. The van der Waals surface area contributed by atoms with Crippen LogP contribution in [-0.4, -0.2) is 19.7 Å². The molecule has 2 aromatic rings. The summed E-state index contributed by atoms with van der Waals surface area (Å²) in [6.45, 7) is 0. The predicted molar refractivity (Wildman–Crippen MR) is 47.1 cm³/mol. The van der Waals surface area contributed by atoms with Crippen molar-refractivity contribution in [1.29, 1.82) is 0 Å². The molecule has 0 saturated heterocycles. The van der Waals surface area contributed by atoms with Gasteiger partial charge in [0.2, 0.25) is 0 Å². The molecule has 0 aliphatic rings. The van der Waals surface area contributed by atoms with Crippen LogP contribution in [-0.2, 0) is 7.05 Å². The van der Waals surface area contributed by atoms with Gasteiger partial charge in [-0.15, -0.1) is 0 Å². The first-order valence-electron chi connectivity index (χ1n) is 3.81. The normalized spacial score (nSPS) is 10.2. The number of hydrogen-bond acceptors (Lipinski definition) is 3. The minimum Gasteiger partial charge on any atom is -0.326 e. The zero-order valence-corrected chi connectivity index (χ0v) is 7.06. The van der Waals surface area contributed by atoms with Gasteiger partial charge in [0.25, 0.3) is 5.56 Å². The van der Waals surface area contributed by atoms with Crippen LogP contribution < -0.4 is 5.56 Å². The molecule has 0 aliphatic carbocycles. The van der Waals surface area contributed by atoms with E-state index in [9.17, 15) is 4.79 Å². The standard InChI is InChI=1S/C8H8N4O/c1-12-5-2-6(11-12)7-8(13)10-4-3-9-7/h2-5H,1H3,(H,10,13). The van der Waals surface area contributed by atoms with Crippen LogP contribution >= 0.6 is 0 Å². The highest BCUT2D eigenvalue weighted by atomic mass is 16.1. The average molecular weight is 176 g/mol. The van der Waals surface area contributed by atoms with Crippen LogP contribution in [0.15, 0.2) is 29.5 Å². The first kappa shape index (κ1) is 7.72. The van der Waals surface area contributed by atoms with Crippen molar-refractivity contribution < 1.29 is 0 Å². The number of H-pyrrole nitrogens is 1. The van der Waals surface area contributed by atoms with Crippen LogP contribution in [0.5, 0.6) is 0 Å². The Labute approximate surface area is 74.1 Å². The SMILES string of the molecule is Cn1ccc(-c2ncc[nH]c2=O)n1. The van der Waals surface area contributed by atoms with Crippen LogP contribution in [0.25, 0.3) is 11.4 Å². The molecular weight excluding hydrogens is 168 g/mol. The summed E-state index contributed by atoms with van der Waals surface area (Å²) in [5.74, 6) is 0. The summed E-state index contributed by atoms with van der Waals surface area (Å²) in [7, 11) is 1.79. The third kappa shape index (κ3) is 1.35. The number of aromatic amines is 1. The van der Waals surface area contributed by atoms with Crippen LogP contribution in [0.1, 0.15) is 0 Å². The largest absolute Gasteiger partial charge is 0.326 e. The van der Waals surface area contributed by atoms with Crippen molar-refractivity contribution in [2.45, 2.75) is 0 Å². The van der Waals surface area contributed by atoms with Gasteiger partial charge < -0.3 is 4.98 Å². The third-order valence-electron chi connectivity index (χ3n) is 1.66. The molecule has 0 saturated carbocycles. The van der Waals surface area contributed by atoms with Crippen LogP contribution in [0.3, 0.4) is 0 Å². The highest BCUT2D eigenvalue weighted by molar-refractivity contribution is 5.51. The minimum atomic E-state index is -0.221. The quantitative estimate of drug-likeness (QED) is 0.673. The first-order chi connectivity index (χ1) is 6.27. The highest BCUT2D eigenvalue weighted by Crippen LogP contribution is 2.06. The lowest BCUT2D eigenvalue weighted by Gasteiger charge is -1.91. The molecule has 66 valence electrons. The van der Waals surface area contributed by atoms with E-state index in [2.05, 4.69) is 15.1 Å². The molecule has 0 spiro atoms. The fraction of sp³-hybridized carbons (Fsp3) is 0.125. The van der Waals surface area contributed by atoms with E-state index in [-0.39, 0.29) is 5.56 Å². The average Bonchev–Trinajstić information content (AvgIpc) is 2.53. The Balaban J connectivity index is 2.59. The maximum Gasteiger partial charge on any atom is 0.276 e. The fourth-order valence-electron chi connectivity index (χ4n) is 1.08. The summed E-state index contributed by atoms with van der Waals surface area (Å²) in [4.78, 5) is 17.7. The molecule has 1 N–H and O–H groups in total. The summed E-state index contributed by atoms with van der Waals surface area (Å²) in [6.07, 6.45) is 4.80. The number of nitrogens with zero attached hydrogens (tertiary/aromatic N) is 3. The van der Waals surface area contributed by atoms with E-state index in [1.165, 1.54) is 12.4 Å². The molecule has 0 aliphatic heterocycles. The van der Waals surface area contributed by atoms with E-state index < -0.39 is 0 Å². The number of aryl methyl sites for hydroxylation is 1. The van der Waals surface area contributed by atoms with E-state index >= 15 is 0 Å². The Hall–Kier alpha value is -1.91. The van der Waals surface area contributed by atoms with Crippen molar-refractivity contribution in [2.24, 2.45) is 7.05 Å². The molecule has 0 aromatic carbocycles. The van der Waals surface area contributed by atoms with Gasteiger partial charge in [-0.2, -0.15) is 5.10 Å². The number of rotatable bonds is 1. The summed E-state index contributed by atoms with van der Waals surface area (Å²) >= 11 is 0. The van der Waals surface area contributed by atoms with Crippen molar-refractivity contribution in [2.75, 3.05) is 0 Å². The zero-order valence-electron chi connectivity index (χ0n) is 7.06. The molecule has 13 heavy (non-hydrogen) atoms. The Morgan fingerprint density at radius 3 is 3.00 bits per heavy atom. The maximum absolute atomic E-state index is 11.3. The molecule has 2 heterocycles. The molecule has 0 bridgehead atoms. The number of hydrogen-bond donors (Lipinski definition) is 1. The number of nitrogens with one attached hydrogen (secondary N) is 1. The van der Waals surface area contributed by atoms with Gasteiger partial charge in [0.15, 0.2) is 5.69 Å². The molecule has 0 unspecified atom stereocenters. The van der Waals surface area contributed by atoms with E-state index in [4.69, 9.17) is 0 Å². The van der Waals surface area contributed by atoms with E-state index in [0.29, 0.717) is 11.4 Å². The lowest BCUT2D eigenvalue weighted by molar-refractivity contribution is 0.769. The lowest BCUT2D eigenvalue weighted by Crippen LogP contribution is -2.10. The van der Waals surface area contributed by atoms with Gasteiger partial charge in [-0.25, -0.2) is 4.98 Å². The summed E-state index contributed by atoms with van der Waals surface area (Å²) in [6, 6.07) is 1.75. The smallest absolute Gasteiger partial charge is 0.276 e. The molecule has 2 rings (SSSR count).